The monoisotopic (exact) mass is 199 g/mol. The molecule has 0 aromatic heterocycles. The first-order valence-corrected chi connectivity index (χ1v) is 6.04. The quantitative estimate of drug-likeness (QED) is 0.550. The maximum atomic E-state index is 11.6. The highest BCUT2D eigenvalue weighted by molar-refractivity contribution is 5.75. The molecule has 0 atom stereocenters. The summed E-state index contributed by atoms with van der Waals surface area (Å²) in [5, 5.41) is 0. The van der Waals surface area contributed by atoms with Crippen molar-refractivity contribution in [3.8, 4) is 0 Å². The molecule has 0 fully saturated rings. The van der Waals surface area contributed by atoms with Crippen LogP contribution < -0.4 is 0 Å². The first-order valence-electron chi connectivity index (χ1n) is 6.04. The van der Waals surface area contributed by atoms with Crippen LogP contribution in [0.2, 0.25) is 0 Å². The predicted molar refractivity (Wildman–Crippen MR) is 61.3 cm³/mol. The highest BCUT2D eigenvalue weighted by atomic mass is 16.2. The highest BCUT2D eigenvalue weighted by Gasteiger charge is 2.08. The third kappa shape index (κ3) is 6.01. The van der Waals surface area contributed by atoms with E-state index in [0.29, 0.717) is 12.3 Å². The molecule has 0 aliphatic heterocycles. The minimum absolute atomic E-state index is 0.325. The highest BCUT2D eigenvalue weighted by Crippen LogP contribution is 2.03. The summed E-state index contributed by atoms with van der Waals surface area (Å²) in [7, 11) is 0. The molecule has 0 aliphatic rings. The van der Waals surface area contributed by atoms with E-state index in [0.717, 1.165) is 25.9 Å². The fraction of sp³-hybridized carbons (Fsp3) is 0.917. The maximum absolute atomic E-state index is 11.6. The summed E-state index contributed by atoms with van der Waals surface area (Å²) >= 11 is 0. The second-order valence-electron chi connectivity index (χ2n) is 3.78. The predicted octanol–water partition coefficient (Wildman–Crippen LogP) is 3.22. The van der Waals surface area contributed by atoms with Crippen molar-refractivity contribution in [2.24, 2.45) is 0 Å². The average Bonchev–Trinajstić information content (AvgIpc) is 2.18. The van der Waals surface area contributed by atoms with Crippen LogP contribution in [0.15, 0.2) is 0 Å². The lowest BCUT2D eigenvalue weighted by Crippen LogP contribution is -2.31. The van der Waals surface area contributed by atoms with Gasteiger partial charge in [0.25, 0.3) is 0 Å². The molecule has 0 aromatic carbocycles. The fourth-order valence-corrected chi connectivity index (χ4v) is 1.56. The molecule has 0 N–H and O–H groups in total. The molecule has 0 saturated heterocycles. The van der Waals surface area contributed by atoms with Gasteiger partial charge in [0.05, 0.1) is 0 Å². The molecule has 2 heteroatoms. The van der Waals surface area contributed by atoms with Crippen LogP contribution in [-0.2, 0) is 4.79 Å². The van der Waals surface area contributed by atoms with Crippen molar-refractivity contribution in [1.82, 2.24) is 4.90 Å². The van der Waals surface area contributed by atoms with E-state index in [1.54, 1.807) is 0 Å². The van der Waals surface area contributed by atoms with E-state index in [1.165, 1.54) is 19.3 Å². The van der Waals surface area contributed by atoms with Crippen molar-refractivity contribution in [2.75, 3.05) is 13.1 Å². The van der Waals surface area contributed by atoms with Gasteiger partial charge < -0.3 is 4.90 Å². The Morgan fingerprint density at radius 2 is 1.71 bits per heavy atom. The summed E-state index contributed by atoms with van der Waals surface area (Å²) in [6, 6.07) is 0. The van der Waals surface area contributed by atoms with E-state index in [9.17, 15) is 4.79 Å². The Balaban J connectivity index is 3.62. The molecule has 1 amide bonds. The molecule has 0 spiro atoms. The van der Waals surface area contributed by atoms with Gasteiger partial charge in [-0.15, -0.1) is 0 Å². The van der Waals surface area contributed by atoms with Crippen LogP contribution in [0.25, 0.3) is 0 Å². The number of amides is 1. The second kappa shape index (κ2) is 9.04. The standard InChI is InChI=1S/C12H25NO/c1-4-7-8-9-11-13(6-3)12(14)10-5-2/h4-11H2,1-3H3. The van der Waals surface area contributed by atoms with Crippen molar-refractivity contribution in [2.45, 2.75) is 59.3 Å². The lowest BCUT2D eigenvalue weighted by atomic mass is 10.2. The van der Waals surface area contributed by atoms with Gasteiger partial charge in [0.1, 0.15) is 0 Å². The normalized spacial score (nSPS) is 10.2. The zero-order valence-electron chi connectivity index (χ0n) is 10.0. The van der Waals surface area contributed by atoms with Crippen LogP contribution >= 0.6 is 0 Å². The molecule has 84 valence electrons. The minimum Gasteiger partial charge on any atom is -0.343 e. The maximum Gasteiger partial charge on any atom is 0.222 e. The molecule has 0 radical (unpaired) electrons. The summed E-state index contributed by atoms with van der Waals surface area (Å²) in [6.45, 7) is 8.15. The first kappa shape index (κ1) is 13.5. The minimum atomic E-state index is 0.325. The molecule has 0 saturated carbocycles. The van der Waals surface area contributed by atoms with Crippen LogP contribution in [0.4, 0.5) is 0 Å². The Morgan fingerprint density at radius 3 is 2.21 bits per heavy atom. The Hall–Kier alpha value is -0.530. The largest absolute Gasteiger partial charge is 0.343 e. The molecule has 0 bridgehead atoms. The van der Waals surface area contributed by atoms with Crippen LogP contribution in [-0.4, -0.2) is 23.9 Å². The van der Waals surface area contributed by atoms with E-state index in [1.807, 2.05) is 4.90 Å². The van der Waals surface area contributed by atoms with Crippen molar-refractivity contribution in [3.63, 3.8) is 0 Å². The third-order valence-corrected chi connectivity index (χ3v) is 2.48. The lowest BCUT2D eigenvalue weighted by molar-refractivity contribution is -0.131. The number of hydrogen-bond donors (Lipinski definition) is 0. The second-order valence-corrected chi connectivity index (χ2v) is 3.78. The molecule has 2 nitrogen and oxygen atoms in total. The Morgan fingerprint density at radius 1 is 1.00 bits per heavy atom. The van der Waals surface area contributed by atoms with Crippen LogP contribution in [0.3, 0.4) is 0 Å². The van der Waals surface area contributed by atoms with Crippen molar-refractivity contribution >= 4 is 5.91 Å². The fourth-order valence-electron chi connectivity index (χ4n) is 1.56. The summed E-state index contributed by atoms with van der Waals surface area (Å²) in [4.78, 5) is 13.5. The average molecular weight is 199 g/mol. The van der Waals surface area contributed by atoms with E-state index in [-0.39, 0.29) is 0 Å². The smallest absolute Gasteiger partial charge is 0.222 e. The summed E-state index contributed by atoms with van der Waals surface area (Å²) in [5.41, 5.74) is 0. The number of hydrogen-bond acceptors (Lipinski definition) is 1. The van der Waals surface area contributed by atoms with Gasteiger partial charge in [-0.1, -0.05) is 33.1 Å². The van der Waals surface area contributed by atoms with E-state index < -0.39 is 0 Å². The van der Waals surface area contributed by atoms with Crippen LogP contribution in [0.1, 0.15) is 59.3 Å². The van der Waals surface area contributed by atoms with Crippen molar-refractivity contribution in [1.29, 1.82) is 0 Å². The molecule has 0 aliphatic carbocycles. The topological polar surface area (TPSA) is 20.3 Å². The van der Waals surface area contributed by atoms with E-state index >= 15 is 0 Å². The van der Waals surface area contributed by atoms with E-state index in [2.05, 4.69) is 20.8 Å². The molecular weight excluding hydrogens is 174 g/mol. The molecule has 14 heavy (non-hydrogen) atoms. The Bertz CT molecular complexity index is 145. The van der Waals surface area contributed by atoms with Crippen LogP contribution in [0.5, 0.6) is 0 Å². The zero-order valence-corrected chi connectivity index (χ0v) is 10.0. The zero-order chi connectivity index (χ0) is 10.8. The first-order chi connectivity index (χ1) is 6.76. The molecular formula is C12H25NO. The van der Waals surface area contributed by atoms with Crippen LogP contribution in [0, 0.1) is 0 Å². The van der Waals surface area contributed by atoms with E-state index in [4.69, 9.17) is 0 Å². The van der Waals surface area contributed by atoms with Gasteiger partial charge in [-0.05, 0) is 19.8 Å². The number of carbonyl (C=O) groups is 1. The Kier molecular flexibility index (Phi) is 8.70. The summed E-state index contributed by atoms with van der Waals surface area (Å²) in [6.07, 6.45) is 6.64. The lowest BCUT2D eigenvalue weighted by Gasteiger charge is -2.20. The van der Waals surface area contributed by atoms with Gasteiger partial charge in [0, 0.05) is 19.5 Å². The molecule has 0 rings (SSSR count). The number of nitrogens with zero attached hydrogens (tertiary/aromatic N) is 1. The van der Waals surface area contributed by atoms with Gasteiger partial charge in [-0.2, -0.15) is 0 Å². The summed E-state index contributed by atoms with van der Waals surface area (Å²) < 4.78 is 0. The molecule has 0 heterocycles. The van der Waals surface area contributed by atoms with Gasteiger partial charge in [-0.25, -0.2) is 0 Å². The van der Waals surface area contributed by atoms with Crippen molar-refractivity contribution in [3.05, 3.63) is 0 Å². The number of carbonyl (C=O) groups excluding carboxylic acids is 1. The summed E-state index contributed by atoms with van der Waals surface area (Å²) in [5.74, 6) is 0.325. The van der Waals surface area contributed by atoms with Gasteiger partial charge in [0.15, 0.2) is 0 Å². The molecule has 0 unspecified atom stereocenters. The van der Waals surface area contributed by atoms with Crippen molar-refractivity contribution < 1.29 is 4.79 Å². The van der Waals surface area contributed by atoms with Gasteiger partial charge in [0.2, 0.25) is 5.91 Å². The van der Waals surface area contributed by atoms with Gasteiger partial charge in [-0.3, -0.25) is 4.79 Å². The third-order valence-electron chi connectivity index (χ3n) is 2.48. The molecule has 0 aromatic rings. The van der Waals surface area contributed by atoms with Gasteiger partial charge >= 0.3 is 0 Å². The SMILES string of the molecule is CCCCCCN(CC)C(=O)CCC. The Labute approximate surface area is 88.7 Å². The number of rotatable bonds is 8. The number of unbranched alkanes of at least 4 members (excludes halogenated alkanes) is 3.